The van der Waals surface area contributed by atoms with Crippen LogP contribution in [-0.4, -0.2) is 48.7 Å². The van der Waals surface area contributed by atoms with Crippen molar-refractivity contribution < 1.29 is 19.4 Å². The molecule has 0 aromatic carbocycles. The number of hydrogen-bond donors (Lipinski definition) is 1. The third-order valence-electron chi connectivity index (χ3n) is 3.52. The third-order valence-corrected chi connectivity index (χ3v) is 3.52. The Morgan fingerprint density at radius 1 is 1.35 bits per heavy atom. The first-order valence-electron chi connectivity index (χ1n) is 6.06. The lowest BCUT2D eigenvalue weighted by atomic mass is 9.75. The van der Waals surface area contributed by atoms with Crippen molar-refractivity contribution in [2.75, 3.05) is 26.8 Å². The molecule has 1 amide bonds. The summed E-state index contributed by atoms with van der Waals surface area (Å²) in [7, 11) is 1.49. The molecule has 1 aliphatic rings. The van der Waals surface area contributed by atoms with E-state index in [2.05, 4.69) is 0 Å². The van der Waals surface area contributed by atoms with Crippen molar-refractivity contribution in [1.82, 2.24) is 4.90 Å². The SMILES string of the molecule is CCCC1(C(=O)O)CCN(C(=O)COC)CC1. The molecular weight excluding hydrogens is 222 g/mol. The van der Waals surface area contributed by atoms with Gasteiger partial charge in [0.1, 0.15) is 6.61 Å². The molecule has 5 heteroatoms. The first-order chi connectivity index (χ1) is 8.05. The van der Waals surface area contributed by atoms with E-state index in [4.69, 9.17) is 4.74 Å². The number of hydrogen-bond acceptors (Lipinski definition) is 3. The van der Waals surface area contributed by atoms with Crippen LogP contribution in [0.4, 0.5) is 0 Å². The molecule has 1 fully saturated rings. The fourth-order valence-corrected chi connectivity index (χ4v) is 2.45. The van der Waals surface area contributed by atoms with Crippen molar-refractivity contribution in [3.8, 4) is 0 Å². The van der Waals surface area contributed by atoms with Crippen LogP contribution < -0.4 is 0 Å². The van der Waals surface area contributed by atoms with E-state index in [9.17, 15) is 14.7 Å². The number of piperidine rings is 1. The van der Waals surface area contributed by atoms with Crippen LogP contribution in [0.3, 0.4) is 0 Å². The molecule has 0 aliphatic carbocycles. The largest absolute Gasteiger partial charge is 0.481 e. The number of carboxylic acid groups (broad SMARTS) is 1. The maximum absolute atomic E-state index is 11.6. The molecule has 1 heterocycles. The predicted octanol–water partition coefficient (Wildman–Crippen LogP) is 1.13. The van der Waals surface area contributed by atoms with Crippen molar-refractivity contribution in [2.24, 2.45) is 5.41 Å². The van der Waals surface area contributed by atoms with Gasteiger partial charge in [0, 0.05) is 20.2 Å². The van der Waals surface area contributed by atoms with Gasteiger partial charge in [-0.05, 0) is 19.3 Å². The number of carboxylic acids is 1. The molecule has 0 spiro atoms. The lowest BCUT2D eigenvalue weighted by Crippen LogP contribution is -2.47. The lowest BCUT2D eigenvalue weighted by molar-refractivity contribution is -0.155. The van der Waals surface area contributed by atoms with Crippen molar-refractivity contribution in [2.45, 2.75) is 32.6 Å². The van der Waals surface area contributed by atoms with E-state index in [0.29, 0.717) is 32.4 Å². The van der Waals surface area contributed by atoms with Crippen LogP contribution in [0.1, 0.15) is 32.6 Å². The predicted molar refractivity (Wildman–Crippen MR) is 62.7 cm³/mol. The van der Waals surface area contributed by atoms with Gasteiger partial charge in [0.05, 0.1) is 5.41 Å². The van der Waals surface area contributed by atoms with Gasteiger partial charge in [-0.15, -0.1) is 0 Å². The van der Waals surface area contributed by atoms with Gasteiger partial charge in [-0.25, -0.2) is 0 Å². The number of rotatable bonds is 5. The molecule has 0 radical (unpaired) electrons. The summed E-state index contributed by atoms with van der Waals surface area (Å²) in [6, 6.07) is 0. The summed E-state index contributed by atoms with van der Waals surface area (Å²) in [5, 5.41) is 9.32. The Hall–Kier alpha value is -1.10. The number of methoxy groups -OCH3 is 1. The molecule has 0 bridgehead atoms. The standard InChI is InChI=1S/C12H21NO4/c1-3-4-12(11(15)16)5-7-13(8-6-12)10(14)9-17-2/h3-9H2,1-2H3,(H,15,16). The molecule has 98 valence electrons. The highest BCUT2D eigenvalue weighted by Gasteiger charge is 2.41. The summed E-state index contributed by atoms with van der Waals surface area (Å²) in [5.41, 5.74) is -0.626. The topological polar surface area (TPSA) is 66.8 Å². The number of nitrogens with zero attached hydrogens (tertiary/aromatic N) is 1. The molecule has 1 N–H and O–H groups in total. The zero-order valence-corrected chi connectivity index (χ0v) is 10.6. The van der Waals surface area contributed by atoms with Crippen molar-refractivity contribution in [1.29, 1.82) is 0 Å². The van der Waals surface area contributed by atoms with Crippen molar-refractivity contribution >= 4 is 11.9 Å². The summed E-state index contributed by atoms with van der Waals surface area (Å²) in [4.78, 5) is 24.6. The summed E-state index contributed by atoms with van der Waals surface area (Å²) >= 11 is 0. The normalized spacial score (nSPS) is 19.1. The summed E-state index contributed by atoms with van der Waals surface area (Å²) in [5.74, 6) is -0.777. The molecule has 0 saturated carbocycles. The first kappa shape index (κ1) is 14.0. The number of carbonyl (C=O) groups excluding carboxylic acids is 1. The molecule has 0 atom stereocenters. The van der Waals surface area contributed by atoms with Crippen LogP contribution >= 0.6 is 0 Å². The molecular formula is C12H21NO4. The van der Waals surface area contributed by atoms with E-state index in [0.717, 1.165) is 6.42 Å². The smallest absolute Gasteiger partial charge is 0.309 e. The van der Waals surface area contributed by atoms with Crippen LogP contribution in [0.5, 0.6) is 0 Å². The van der Waals surface area contributed by atoms with Crippen molar-refractivity contribution in [3.05, 3.63) is 0 Å². The fraction of sp³-hybridized carbons (Fsp3) is 0.833. The van der Waals surface area contributed by atoms with Gasteiger partial charge < -0.3 is 14.7 Å². The Kier molecular flexibility index (Phi) is 4.93. The number of likely N-dealkylation sites (tertiary alicyclic amines) is 1. The van der Waals surface area contributed by atoms with Gasteiger partial charge >= 0.3 is 5.97 Å². The monoisotopic (exact) mass is 243 g/mol. The summed E-state index contributed by atoms with van der Waals surface area (Å²) in [6.07, 6.45) is 2.64. The van der Waals surface area contributed by atoms with E-state index < -0.39 is 11.4 Å². The molecule has 0 aromatic rings. The minimum absolute atomic E-state index is 0.0528. The minimum atomic E-state index is -0.724. The van der Waals surface area contributed by atoms with Crippen molar-refractivity contribution in [3.63, 3.8) is 0 Å². The van der Waals surface area contributed by atoms with E-state index in [1.165, 1.54) is 7.11 Å². The summed E-state index contributed by atoms with van der Waals surface area (Å²) < 4.78 is 4.80. The van der Waals surface area contributed by atoms with Crippen LogP contribution in [0, 0.1) is 5.41 Å². The van der Waals surface area contributed by atoms with E-state index in [1.807, 2.05) is 6.92 Å². The Balaban J connectivity index is 2.58. The number of amides is 1. The first-order valence-corrected chi connectivity index (χ1v) is 6.06. The second-order valence-electron chi connectivity index (χ2n) is 4.65. The van der Waals surface area contributed by atoms with Gasteiger partial charge in [-0.3, -0.25) is 9.59 Å². The molecule has 1 saturated heterocycles. The highest BCUT2D eigenvalue weighted by Crippen LogP contribution is 2.36. The van der Waals surface area contributed by atoms with Crippen LogP contribution in [0.15, 0.2) is 0 Å². The third kappa shape index (κ3) is 3.19. The Labute approximate surface area is 102 Å². The Bertz CT molecular complexity index is 282. The number of aliphatic carboxylic acids is 1. The maximum Gasteiger partial charge on any atom is 0.309 e. The highest BCUT2D eigenvalue weighted by molar-refractivity contribution is 5.79. The highest BCUT2D eigenvalue weighted by atomic mass is 16.5. The van der Waals surface area contributed by atoms with Crippen LogP contribution in [-0.2, 0) is 14.3 Å². The zero-order valence-electron chi connectivity index (χ0n) is 10.6. The fourth-order valence-electron chi connectivity index (χ4n) is 2.45. The molecule has 1 aliphatic heterocycles. The second-order valence-corrected chi connectivity index (χ2v) is 4.65. The van der Waals surface area contributed by atoms with Crippen LogP contribution in [0.2, 0.25) is 0 Å². The molecule has 5 nitrogen and oxygen atoms in total. The Morgan fingerprint density at radius 3 is 2.35 bits per heavy atom. The lowest BCUT2D eigenvalue weighted by Gasteiger charge is -2.38. The minimum Gasteiger partial charge on any atom is -0.481 e. The zero-order chi connectivity index (χ0) is 12.9. The number of ether oxygens (including phenoxy) is 1. The van der Waals surface area contributed by atoms with Crippen LogP contribution in [0.25, 0.3) is 0 Å². The van der Waals surface area contributed by atoms with E-state index in [-0.39, 0.29) is 12.5 Å². The van der Waals surface area contributed by atoms with E-state index in [1.54, 1.807) is 4.90 Å². The second kappa shape index (κ2) is 6.00. The molecule has 0 unspecified atom stereocenters. The number of carbonyl (C=O) groups is 2. The van der Waals surface area contributed by atoms with E-state index >= 15 is 0 Å². The van der Waals surface area contributed by atoms with Gasteiger partial charge in [0.15, 0.2) is 0 Å². The van der Waals surface area contributed by atoms with Gasteiger partial charge in [0.25, 0.3) is 0 Å². The quantitative estimate of drug-likeness (QED) is 0.786. The average Bonchev–Trinajstić information content (AvgIpc) is 2.30. The van der Waals surface area contributed by atoms with Gasteiger partial charge in [0.2, 0.25) is 5.91 Å². The molecule has 17 heavy (non-hydrogen) atoms. The summed E-state index contributed by atoms with van der Waals surface area (Å²) in [6.45, 7) is 3.12. The van der Waals surface area contributed by atoms with Gasteiger partial charge in [-0.2, -0.15) is 0 Å². The maximum atomic E-state index is 11.6. The molecule has 1 rings (SSSR count). The average molecular weight is 243 g/mol. The van der Waals surface area contributed by atoms with Gasteiger partial charge in [-0.1, -0.05) is 13.3 Å². The Morgan fingerprint density at radius 2 is 1.94 bits per heavy atom. The molecule has 0 aromatic heterocycles.